The second kappa shape index (κ2) is 30.6. The molecule has 5 aromatic rings. The third-order valence-electron chi connectivity index (χ3n) is 13.9. The van der Waals surface area contributed by atoms with Crippen LogP contribution in [0.3, 0.4) is 0 Å². The first-order valence-electron chi connectivity index (χ1n) is 27.1. The Labute approximate surface area is 411 Å². The second-order valence-electron chi connectivity index (χ2n) is 19.6. The van der Waals surface area contributed by atoms with Gasteiger partial charge in [-0.3, -0.25) is 0 Å². The molecular formula is C60H88N4O4. The van der Waals surface area contributed by atoms with Gasteiger partial charge in [-0.05, 0) is 93.3 Å². The molecule has 0 saturated carbocycles. The van der Waals surface area contributed by atoms with Crippen LogP contribution in [0.25, 0.3) is 34.3 Å². The zero-order valence-corrected chi connectivity index (χ0v) is 43.2. The van der Waals surface area contributed by atoms with Crippen molar-refractivity contribution in [1.29, 1.82) is 0 Å². The van der Waals surface area contributed by atoms with Gasteiger partial charge in [0.05, 0.1) is 30.0 Å². The maximum atomic E-state index is 11.9. The van der Waals surface area contributed by atoms with Crippen LogP contribution < -0.4 is 9.47 Å². The lowest BCUT2D eigenvalue weighted by atomic mass is 9.95. The van der Waals surface area contributed by atoms with Crippen molar-refractivity contribution in [3.8, 4) is 57.3 Å². The number of phenolic OH excluding ortho intramolecular Hbond substituents is 2. The fraction of sp³-hybridized carbons (Fsp3) is 0.583. The summed E-state index contributed by atoms with van der Waals surface area (Å²) >= 11 is 0. The molecule has 0 amide bonds. The van der Waals surface area contributed by atoms with Gasteiger partial charge in [-0.2, -0.15) is 0 Å². The fourth-order valence-corrected chi connectivity index (χ4v) is 9.49. The van der Waals surface area contributed by atoms with Crippen LogP contribution in [-0.2, 0) is 6.54 Å². The Bertz CT molecular complexity index is 2060. The lowest BCUT2D eigenvalue weighted by Gasteiger charge is -2.20. The van der Waals surface area contributed by atoms with Gasteiger partial charge in [0, 0.05) is 23.9 Å². The van der Waals surface area contributed by atoms with E-state index in [0.29, 0.717) is 82.8 Å². The topological polar surface area (TPSA) is 103 Å². The molecule has 0 bridgehead atoms. The number of unbranched alkanes of at least 4 members (excludes halogenated alkanes) is 16. The largest absolute Gasteiger partial charge is 0.507 e. The standard InChI is InChI=1S/C60H88N4O4/c1-7-11-15-19-21-26-35-49(33-24-17-13-9-3)44-67-54-40-38-51(56(65)46(54)5)58-61-59(63-60(62-58)53-37-30-42-64(53)43-48-31-28-23-29-32-48)52-39-41-55(47(6)57(52)66)68-45-50(34-25-18-14-10-4)36-27-22-20-16-12-8-2/h23,28-32,37-42,49-50,65-66H,7-22,24-27,33-36,43-45H2,1-6H3. The first-order valence-corrected chi connectivity index (χ1v) is 27.1. The summed E-state index contributed by atoms with van der Waals surface area (Å²) in [4.78, 5) is 15.1. The van der Waals surface area contributed by atoms with E-state index in [1.165, 1.54) is 154 Å². The van der Waals surface area contributed by atoms with Gasteiger partial charge in [0.25, 0.3) is 0 Å². The SMILES string of the molecule is CCCCCCCCC(CCCCCC)COc1ccc(-c2nc(-c3ccc(OCC(CCCCCC)CCCCCCCC)c(C)c3O)nc(-c3cccn3Cc3ccccc3)n2)c(O)c1C. The third kappa shape index (κ3) is 17.3. The minimum Gasteiger partial charge on any atom is -0.507 e. The average Bonchev–Trinajstić information content (AvgIpc) is 3.82. The number of aromatic nitrogens is 4. The van der Waals surface area contributed by atoms with Gasteiger partial charge in [0.1, 0.15) is 23.0 Å². The summed E-state index contributed by atoms with van der Waals surface area (Å²) in [6.07, 6.45) is 32.2. The van der Waals surface area contributed by atoms with Gasteiger partial charge in [-0.25, -0.2) is 15.0 Å². The molecule has 68 heavy (non-hydrogen) atoms. The van der Waals surface area contributed by atoms with Crippen LogP contribution in [0.1, 0.15) is 198 Å². The van der Waals surface area contributed by atoms with Gasteiger partial charge in [-0.15, -0.1) is 0 Å². The molecule has 372 valence electrons. The predicted octanol–water partition coefficient (Wildman–Crippen LogP) is 17.2. The van der Waals surface area contributed by atoms with E-state index >= 15 is 0 Å². The minimum atomic E-state index is 0.0787. The quantitative estimate of drug-likeness (QED) is 0.0390. The number of hydrogen-bond acceptors (Lipinski definition) is 7. The monoisotopic (exact) mass is 929 g/mol. The third-order valence-corrected chi connectivity index (χ3v) is 13.9. The summed E-state index contributed by atoms with van der Waals surface area (Å²) in [5, 5.41) is 23.9. The number of phenols is 2. The van der Waals surface area contributed by atoms with E-state index in [-0.39, 0.29) is 11.5 Å². The molecule has 2 atom stereocenters. The Kier molecular flexibility index (Phi) is 24.3. The summed E-state index contributed by atoms with van der Waals surface area (Å²) in [5.74, 6) is 3.56. The van der Waals surface area contributed by atoms with Crippen LogP contribution in [0.4, 0.5) is 0 Å². The molecule has 2 aromatic heterocycles. The molecule has 8 heteroatoms. The average molecular weight is 929 g/mol. The minimum absolute atomic E-state index is 0.0787. The van der Waals surface area contributed by atoms with Gasteiger partial charge in [0.2, 0.25) is 0 Å². The molecule has 0 saturated heterocycles. The first-order chi connectivity index (χ1) is 33.3. The van der Waals surface area contributed by atoms with E-state index < -0.39 is 0 Å². The summed E-state index contributed by atoms with van der Waals surface area (Å²) in [6, 6.07) is 21.9. The van der Waals surface area contributed by atoms with E-state index in [1.54, 1.807) is 0 Å². The zero-order chi connectivity index (χ0) is 48.4. The van der Waals surface area contributed by atoms with Gasteiger partial charge < -0.3 is 24.3 Å². The molecule has 2 N–H and O–H groups in total. The zero-order valence-electron chi connectivity index (χ0n) is 43.2. The van der Waals surface area contributed by atoms with Crippen molar-refractivity contribution in [2.75, 3.05) is 13.2 Å². The van der Waals surface area contributed by atoms with Crippen LogP contribution in [0.15, 0.2) is 72.9 Å². The Balaban J connectivity index is 1.42. The molecule has 0 aliphatic carbocycles. The van der Waals surface area contributed by atoms with Crippen molar-refractivity contribution in [2.24, 2.45) is 11.8 Å². The maximum absolute atomic E-state index is 11.9. The van der Waals surface area contributed by atoms with Crippen molar-refractivity contribution in [3.63, 3.8) is 0 Å². The van der Waals surface area contributed by atoms with Gasteiger partial charge in [-0.1, -0.05) is 186 Å². The Hall–Kier alpha value is -4.85. The van der Waals surface area contributed by atoms with Crippen LogP contribution in [0.2, 0.25) is 0 Å². The number of nitrogens with zero attached hydrogens (tertiary/aromatic N) is 4. The molecule has 3 aromatic carbocycles. The normalized spacial score (nSPS) is 12.4. The smallest absolute Gasteiger partial charge is 0.180 e. The fourth-order valence-electron chi connectivity index (χ4n) is 9.49. The highest BCUT2D eigenvalue weighted by atomic mass is 16.5. The molecular weight excluding hydrogens is 841 g/mol. The lowest BCUT2D eigenvalue weighted by Crippen LogP contribution is -2.13. The lowest BCUT2D eigenvalue weighted by molar-refractivity contribution is 0.222. The number of benzene rings is 3. The van der Waals surface area contributed by atoms with E-state index in [2.05, 4.69) is 44.4 Å². The van der Waals surface area contributed by atoms with Crippen molar-refractivity contribution in [1.82, 2.24) is 19.5 Å². The Morgan fingerprint density at radius 1 is 0.456 bits per heavy atom. The highest BCUT2D eigenvalue weighted by molar-refractivity contribution is 5.74. The maximum Gasteiger partial charge on any atom is 0.180 e. The van der Waals surface area contributed by atoms with E-state index in [1.807, 2.05) is 74.6 Å². The van der Waals surface area contributed by atoms with Crippen LogP contribution in [0, 0.1) is 25.7 Å². The summed E-state index contributed by atoms with van der Waals surface area (Å²) < 4.78 is 15.2. The molecule has 0 radical (unpaired) electrons. The van der Waals surface area contributed by atoms with Gasteiger partial charge in [0.15, 0.2) is 17.5 Å². The molecule has 5 rings (SSSR count). The van der Waals surface area contributed by atoms with E-state index in [4.69, 9.17) is 24.4 Å². The number of hydrogen-bond donors (Lipinski definition) is 2. The predicted molar refractivity (Wildman–Crippen MR) is 284 cm³/mol. The molecule has 0 fully saturated rings. The number of rotatable bonds is 35. The van der Waals surface area contributed by atoms with Gasteiger partial charge >= 0.3 is 0 Å². The van der Waals surface area contributed by atoms with Crippen molar-refractivity contribution >= 4 is 0 Å². The van der Waals surface area contributed by atoms with E-state index in [9.17, 15) is 10.2 Å². The number of ether oxygens (including phenoxy) is 2. The molecule has 2 unspecified atom stereocenters. The highest BCUT2D eigenvalue weighted by Crippen LogP contribution is 2.40. The van der Waals surface area contributed by atoms with Crippen molar-refractivity contribution in [2.45, 2.75) is 202 Å². The summed E-state index contributed by atoms with van der Waals surface area (Å²) in [5.41, 5.74) is 4.23. The van der Waals surface area contributed by atoms with E-state index in [0.717, 1.165) is 11.3 Å². The molecule has 8 nitrogen and oxygen atoms in total. The van der Waals surface area contributed by atoms with Crippen LogP contribution in [-0.4, -0.2) is 42.9 Å². The Morgan fingerprint density at radius 2 is 0.853 bits per heavy atom. The molecule has 0 aliphatic rings. The summed E-state index contributed by atoms with van der Waals surface area (Å²) in [7, 11) is 0. The van der Waals surface area contributed by atoms with Crippen molar-refractivity contribution in [3.05, 3.63) is 89.6 Å². The molecule has 2 heterocycles. The summed E-state index contributed by atoms with van der Waals surface area (Å²) in [6.45, 7) is 14.8. The molecule has 0 spiro atoms. The second-order valence-corrected chi connectivity index (χ2v) is 19.6. The van der Waals surface area contributed by atoms with Crippen LogP contribution in [0.5, 0.6) is 23.0 Å². The highest BCUT2D eigenvalue weighted by Gasteiger charge is 2.23. The van der Waals surface area contributed by atoms with Crippen LogP contribution >= 0.6 is 0 Å². The van der Waals surface area contributed by atoms with Crippen molar-refractivity contribution < 1.29 is 19.7 Å². The number of aromatic hydroxyl groups is 2. The molecule has 0 aliphatic heterocycles. The first kappa shape index (κ1) is 54.1. The Morgan fingerprint density at radius 3 is 1.29 bits per heavy atom.